The number of hydrogen-bond donors (Lipinski definition) is 1. The SMILES string of the molecule is O=C(O)Cc1cccc(Oc2cccc(Cl)c2OCC=Cc2ccc(C(F)(F)F)cc2)c1. The highest BCUT2D eigenvalue weighted by Gasteiger charge is 2.29. The van der Waals surface area contributed by atoms with Crippen LogP contribution >= 0.6 is 11.6 Å². The van der Waals surface area contributed by atoms with E-state index >= 15 is 0 Å². The maximum Gasteiger partial charge on any atom is 0.416 e. The van der Waals surface area contributed by atoms with E-state index in [2.05, 4.69) is 0 Å². The summed E-state index contributed by atoms with van der Waals surface area (Å²) >= 11 is 6.24. The average Bonchev–Trinajstić information content (AvgIpc) is 2.72. The van der Waals surface area contributed by atoms with Gasteiger partial charge in [-0.2, -0.15) is 13.2 Å². The minimum absolute atomic E-state index is 0.0974. The van der Waals surface area contributed by atoms with Crippen molar-refractivity contribution < 1.29 is 32.5 Å². The molecule has 0 aromatic heterocycles. The maximum atomic E-state index is 12.6. The molecule has 0 heterocycles. The minimum Gasteiger partial charge on any atom is -0.484 e. The number of rotatable bonds is 8. The van der Waals surface area contributed by atoms with E-state index in [9.17, 15) is 18.0 Å². The number of ether oxygens (including phenoxy) is 2. The van der Waals surface area contributed by atoms with E-state index < -0.39 is 17.7 Å². The monoisotopic (exact) mass is 462 g/mol. The van der Waals surface area contributed by atoms with Crippen LogP contribution < -0.4 is 9.47 Å². The molecule has 32 heavy (non-hydrogen) atoms. The molecule has 0 unspecified atom stereocenters. The summed E-state index contributed by atoms with van der Waals surface area (Å²) in [6.45, 7) is 0.0974. The summed E-state index contributed by atoms with van der Waals surface area (Å²) in [5.41, 5.74) is 0.461. The van der Waals surface area contributed by atoms with Gasteiger partial charge in [0, 0.05) is 0 Å². The molecule has 4 nitrogen and oxygen atoms in total. The first-order valence-electron chi connectivity index (χ1n) is 9.46. The summed E-state index contributed by atoms with van der Waals surface area (Å²) in [7, 11) is 0. The lowest BCUT2D eigenvalue weighted by Gasteiger charge is -2.13. The fourth-order valence-corrected chi connectivity index (χ4v) is 3.05. The van der Waals surface area contributed by atoms with Crippen molar-refractivity contribution in [2.24, 2.45) is 0 Å². The first kappa shape index (κ1) is 23.2. The number of carboxylic acid groups (broad SMARTS) is 1. The molecule has 0 aliphatic carbocycles. The van der Waals surface area contributed by atoms with Gasteiger partial charge in [-0.1, -0.05) is 48.0 Å². The minimum atomic E-state index is -4.38. The molecule has 3 rings (SSSR count). The zero-order chi connectivity index (χ0) is 23.1. The molecule has 0 atom stereocenters. The van der Waals surface area contributed by atoms with Crippen LogP contribution in [-0.2, 0) is 17.4 Å². The van der Waals surface area contributed by atoms with E-state index in [0.717, 1.165) is 12.1 Å². The fourth-order valence-electron chi connectivity index (χ4n) is 2.83. The summed E-state index contributed by atoms with van der Waals surface area (Å²) in [6, 6.07) is 16.4. The normalized spacial score (nSPS) is 11.5. The number of alkyl halides is 3. The smallest absolute Gasteiger partial charge is 0.416 e. The summed E-state index contributed by atoms with van der Waals surface area (Å²) in [5.74, 6) is 0.104. The number of carboxylic acids is 1. The van der Waals surface area contributed by atoms with E-state index in [-0.39, 0.29) is 18.8 Å². The second kappa shape index (κ2) is 10.2. The molecule has 166 valence electrons. The van der Waals surface area contributed by atoms with Gasteiger partial charge in [-0.3, -0.25) is 4.79 Å². The van der Waals surface area contributed by atoms with Crippen molar-refractivity contribution in [1.29, 1.82) is 0 Å². The van der Waals surface area contributed by atoms with Crippen LogP contribution in [0, 0.1) is 0 Å². The Labute approximate surface area is 187 Å². The van der Waals surface area contributed by atoms with Gasteiger partial charge in [0.1, 0.15) is 12.4 Å². The van der Waals surface area contributed by atoms with Crippen LogP contribution in [0.4, 0.5) is 13.2 Å². The van der Waals surface area contributed by atoms with Gasteiger partial charge in [0.15, 0.2) is 11.5 Å². The van der Waals surface area contributed by atoms with Crippen molar-refractivity contribution in [1.82, 2.24) is 0 Å². The Kier molecular flexibility index (Phi) is 7.43. The molecule has 0 bridgehead atoms. The highest BCUT2D eigenvalue weighted by atomic mass is 35.5. The molecule has 0 aliphatic heterocycles. The Morgan fingerprint density at radius 1 is 1.03 bits per heavy atom. The summed E-state index contributed by atoms with van der Waals surface area (Å²) in [4.78, 5) is 10.9. The van der Waals surface area contributed by atoms with Gasteiger partial charge < -0.3 is 14.6 Å². The molecule has 1 N–H and O–H groups in total. The highest BCUT2D eigenvalue weighted by molar-refractivity contribution is 6.32. The first-order valence-corrected chi connectivity index (χ1v) is 9.84. The molecule has 8 heteroatoms. The lowest BCUT2D eigenvalue weighted by atomic mass is 10.1. The van der Waals surface area contributed by atoms with Gasteiger partial charge in [0.2, 0.25) is 0 Å². The van der Waals surface area contributed by atoms with Gasteiger partial charge in [0.25, 0.3) is 0 Å². The van der Waals surface area contributed by atoms with Crippen LogP contribution in [0.3, 0.4) is 0 Å². The number of benzene rings is 3. The Hall–Kier alpha value is -3.45. The Balaban J connectivity index is 1.67. The molecular formula is C24H18ClF3O4. The Bertz CT molecular complexity index is 1110. The third kappa shape index (κ3) is 6.52. The lowest BCUT2D eigenvalue weighted by Crippen LogP contribution is -2.04. The van der Waals surface area contributed by atoms with Crippen molar-refractivity contribution in [3.05, 3.63) is 94.5 Å². The molecule has 0 fully saturated rings. The number of carbonyl (C=O) groups is 1. The number of para-hydroxylation sites is 1. The van der Waals surface area contributed by atoms with Crippen molar-refractivity contribution in [2.45, 2.75) is 12.6 Å². The van der Waals surface area contributed by atoms with Crippen molar-refractivity contribution >= 4 is 23.6 Å². The van der Waals surface area contributed by atoms with Crippen LogP contribution in [0.2, 0.25) is 5.02 Å². The van der Waals surface area contributed by atoms with E-state index in [4.69, 9.17) is 26.2 Å². The fraction of sp³-hybridized carbons (Fsp3) is 0.125. The molecule has 3 aromatic carbocycles. The van der Waals surface area contributed by atoms with Gasteiger partial charge in [0.05, 0.1) is 17.0 Å². The molecule has 0 saturated carbocycles. The maximum absolute atomic E-state index is 12.6. The summed E-state index contributed by atoms with van der Waals surface area (Å²) in [5, 5.41) is 9.26. The molecule has 3 aromatic rings. The first-order chi connectivity index (χ1) is 15.2. The van der Waals surface area contributed by atoms with Crippen LogP contribution in [-0.4, -0.2) is 17.7 Å². The quantitative estimate of drug-likeness (QED) is 0.397. The number of halogens is 4. The number of aliphatic carboxylic acids is 1. The van der Waals surface area contributed by atoms with Crippen molar-refractivity contribution in [2.75, 3.05) is 6.61 Å². The van der Waals surface area contributed by atoms with E-state index in [0.29, 0.717) is 27.6 Å². The van der Waals surface area contributed by atoms with E-state index in [1.807, 2.05) is 0 Å². The van der Waals surface area contributed by atoms with Crippen molar-refractivity contribution in [3.63, 3.8) is 0 Å². The van der Waals surface area contributed by atoms with Crippen LogP contribution in [0.5, 0.6) is 17.2 Å². The third-order valence-corrected chi connectivity index (χ3v) is 4.58. The standard InChI is InChI=1S/C24H18ClF3O4/c25-20-7-2-8-21(32-19-6-1-4-17(14-19)15-22(29)30)23(20)31-13-3-5-16-9-11-18(12-10-16)24(26,27)28/h1-12,14H,13,15H2,(H,29,30). The van der Waals surface area contributed by atoms with Crippen LogP contribution in [0.15, 0.2) is 72.8 Å². The molecule has 0 amide bonds. The zero-order valence-corrected chi connectivity index (χ0v) is 17.4. The molecule has 0 saturated heterocycles. The van der Waals surface area contributed by atoms with Crippen LogP contribution in [0.1, 0.15) is 16.7 Å². The highest BCUT2D eigenvalue weighted by Crippen LogP contribution is 2.38. The third-order valence-electron chi connectivity index (χ3n) is 4.28. The molecule has 0 radical (unpaired) electrons. The van der Waals surface area contributed by atoms with Gasteiger partial charge >= 0.3 is 12.1 Å². The topological polar surface area (TPSA) is 55.8 Å². The predicted molar refractivity (Wildman–Crippen MR) is 115 cm³/mol. The van der Waals surface area contributed by atoms with Gasteiger partial charge in [-0.05, 0) is 53.6 Å². The summed E-state index contributed by atoms with van der Waals surface area (Å²) in [6.07, 6.45) is -1.24. The van der Waals surface area contributed by atoms with E-state index in [1.165, 1.54) is 12.1 Å². The summed E-state index contributed by atoms with van der Waals surface area (Å²) < 4.78 is 49.5. The molecular weight excluding hydrogens is 445 g/mol. The van der Waals surface area contributed by atoms with Gasteiger partial charge in [-0.25, -0.2) is 0 Å². The average molecular weight is 463 g/mol. The second-order valence-corrected chi connectivity index (χ2v) is 7.13. The predicted octanol–water partition coefficient (Wildman–Crippen LogP) is 6.87. The Morgan fingerprint density at radius 2 is 1.75 bits per heavy atom. The van der Waals surface area contributed by atoms with Gasteiger partial charge in [-0.15, -0.1) is 0 Å². The Morgan fingerprint density at radius 3 is 2.44 bits per heavy atom. The lowest BCUT2D eigenvalue weighted by molar-refractivity contribution is -0.138. The number of hydrogen-bond acceptors (Lipinski definition) is 3. The zero-order valence-electron chi connectivity index (χ0n) is 16.6. The van der Waals surface area contributed by atoms with Crippen LogP contribution in [0.25, 0.3) is 6.08 Å². The molecule has 0 spiro atoms. The second-order valence-electron chi connectivity index (χ2n) is 6.72. The largest absolute Gasteiger partial charge is 0.484 e. The van der Waals surface area contributed by atoms with E-state index in [1.54, 1.807) is 54.6 Å². The molecule has 0 aliphatic rings. The van der Waals surface area contributed by atoms with Crippen molar-refractivity contribution in [3.8, 4) is 17.2 Å².